The molecule has 0 spiro atoms. The summed E-state index contributed by atoms with van der Waals surface area (Å²) in [7, 11) is -2.17. The second-order valence-corrected chi connectivity index (χ2v) is 8.55. The highest BCUT2D eigenvalue weighted by molar-refractivity contribution is 7.91. The molecule has 1 aliphatic rings. The summed E-state index contributed by atoms with van der Waals surface area (Å²) in [6.45, 7) is 0. The maximum Gasteiger partial charge on any atom is 0.304 e. The standard InChI is InChI=1S/C12H19N3O4S2/c1-14(9-6-4-2-3-5-7-9)21(18,19)11-8-10(15(16)17)12(13)20-11/h8-9H,2-7,13H2,1H3. The Morgan fingerprint density at radius 3 is 2.38 bits per heavy atom. The van der Waals surface area contributed by atoms with Gasteiger partial charge in [0.25, 0.3) is 10.0 Å². The van der Waals surface area contributed by atoms with E-state index in [-0.39, 0.29) is 20.9 Å². The van der Waals surface area contributed by atoms with Crippen molar-refractivity contribution in [3.8, 4) is 0 Å². The monoisotopic (exact) mass is 333 g/mol. The van der Waals surface area contributed by atoms with Crippen molar-refractivity contribution >= 4 is 32.0 Å². The van der Waals surface area contributed by atoms with E-state index in [4.69, 9.17) is 5.73 Å². The van der Waals surface area contributed by atoms with Crippen LogP contribution in [-0.2, 0) is 10.0 Å². The number of rotatable bonds is 4. The first-order chi connectivity index (χ1) is 9.84. The first kappa shape index (κ1) is 16.2. The van der Waals surface area contributed by atoms with Crippen LogP contribution in [0.3, 0.4) is 0 Å². The van der Waals surface area contributed by atoms with Gasteiger partial charge in [-0.25, -0.2) is 8.42 Å². The van der Waals surface area contributed by atoms with Crippen LogP contribution in [0.2, 0.25) is 0 Å². The van der Waals surface area contributed by atoms with Crippen molar-refractivity contribution in [2.75, 3.05) is 12.8 Å². The van der Waals surface area contributed by atoms with Gasteiger partial charge in [0.2, 0.25) is 0 Å². The van der Waals surface area contributed by atoms with Crippen molar-refractivity contribution in [3.05, 3.63) is 16.2 Å². The number of hydrogen-bond donors (Lipinski definition) is 1. The molecule has 1 aromatic rings. The van der Waals surface area contributed by atoms with E-state index < -0.39 is 14.9 Å². The van der Waals surface area contributed by atoms with E-state index in [0.29, 0.717) is 0 Å². The lowest BCUT2D eigenvalue weighted by atomic mass is 10.1. The lowest BCUT2D eigenvalue weighted by molar-refractivity contribution is -0.383. The average molecular weight is 333 g/mol. The Bertz CT molecular complexity index is 618. The van der Waals surface area contributed by atoms with Gasteiger partial charge >= 0.3 is 5.69 Å². The van der Waals surface area contributed by atoms with Crippen LogP contribution in [0.15, 0.2) is 10.3 Å². The normalized spacial score (nSPS) is 17.8. The van der Waals surface area contributed by atoms with Crippen molar-refractivity contribution in [2.24, 2.45) is 0 Å². The molecular formula is C12H19N3O4S2. The van der Waals surface area contributed by atoms with Gasteiger partial charge in [-0.2, -0.15) is 4.31 Å². The zero-order valence-corrected chi connectivity index (χ0v) is 13.5. The van der Waals surface area contributed by atoms with E-state index in [1.54, 1.807) is 7.05 Å². The first-order valence-corrected chi connectivity index (χ1v) is 9.11. The van der Waals surface area contributed by atoms with Crippen molar-refractivity contribution in [1.29, 1.82) is 0 Å². The van der Waals surface area contributed by atoms with Crippen LogP contribution in [0.25, 0.3) is 0 Å². The second-order valence-electron chi connectivity index (χ2n) is 5.24. The van der Waals surface area contributed by atoms with Gasteiger partial charge in [0.1, 0.15) is 4.21 Å². The fourth-order valence-electron chi connectivity index (χ4n) is 2.60. The zero-order valence-electron chi connectivity index (χ0n) is 11.8. The number of anilines is 1. The van der Waals surface area contributed by atoms with Gasteiger partial charge < -0.3 is 5.73 Å². The van der Waals surface area contributed by atoms with E-state index in [0.717, 1.165) is 55.9 Å². The summed E-state index contributed by atoms with van der Waals surface area (Å²) in [6, 6.07) is 1.02. The predicted octanol–water partition coefficient (Wildman–Crippen LogP) is 2.58. The molecule has 21 heavy (non-hydrogen) atoms. The summed E-state index contributed by atoms with van der Waals surface area (Å²) in [5, 5.41) is 10.7. The van der Waals surface area contributed by atoms with Gasteiger partial charge in [-0.05, 0) is 12.8 Å². The van der Waals surface area contributed by atoms with Crippen LogP contribution in [0.5, 0.6) is 0 Å². The van der Waals surface area contributed by atoms with Crippen LogP contribution in [0.4, 0.5) is 10.7 Å². The third-order valence-corrected chi connectivity index (χ3v) is 7.20. The lowest BCUT2D eigenvalue weighted by Crippen LogP contribution is -2.36. The van der Waals surface area contributed by atoms with Crippen LogP contribution in [0.1, 0.15) is 38.5 Å². The van der Waals surface area contributed by atoms with Gasteiger partial charge in [0.15, 0.2) is 5.00 Å². The summed E-state index contributed by atoms with van der Waals surface area (Å²) in [6.07, 6.45) is 5.94. The third-order valence-electron chi connectivity index (χ3n) is 3.89. The zero-order chi connectivity index (χ0) is 15.6. The van der Waals surface area contributed by atoms with Crippen LogP contribution in [0, 0.1) is 10.1 Å². The van der Waals surface area contributed by atoms with Crippen molar-refractivity contribution < 1.29 is 13.3 Å². The minimum atomic E-state index is -3.72. The number of nitrogens with zero attached hydrogens (tertiary/aromatic N) is 2. The SMILES string of the molecule is CN(C1CCCCCC1)S(=O)(=O)c1cc([N+](=O)[O-])c(N)s1. The molecule has 0 atom stereocenters. The number of nitrogen functional groups attached to an aromatic ring is 1. The average Bonchev–Trinajstić information content (AvgIpc) is 2.65. The van der Waals surface area contributed by atoms with Gasteiger partial charge in [-0.15, -0.1) is 0 Å². The Kier molecular flexibility index (Phi) is 4.84. The molecule has 1 heterocycles. The molecule has 1 aliphatic carbocycles. The highest BCUT2D eigenvalue weighted by Gasteiger charge is 2.32. The molecule has 0 aliphatic heterocycles. The molecule has 2 rings (SSSR count). The second kappa shape index (κ2) is 6.29. The molecular weight excluding hydrogens is 314 g/mol. The number of nitrogens with two attached hydrogens (primary N) is 1. The Hall–Kier alpha value is -1.19. The van der Waals surface area contributed by atoms with Gasteiger partial charge in [-0.3, -0.25) is 10.1 Å². The number of sulfonamides is 1. The smallest absolute Gasteiger partial charge is 0.304 e. The Labute approximate surface area is 127 Å². The Morgan fingerprint density at radius 2 is 1.90 bits per heavy atom. The van der Waals surface area contributed by atoms with Crippen LogP contribution >= 0.6 is 11.3 Å². The molecule has 1 saturated carbocycles. The number of thiophene rings is 1. The maximum atomic E-state index is 12.6. The van der Waals surface area contributed by atoms with Gasteiger partial charge in [-0.1, -0.05) is 37.0 Å². The van der Waals surface area contributed by atoms with E-state index >= 15 is 0 Å². The predicted molar refractivity (Wildman–Crippen MR) is 81.8 cm³/mol. The first-order valence-electron chi connectivity index (χ1n) is 6.85. The topological polar surface area (TPSA) is 107 Å². The molecule has 0 aromatic carbocycles. The van der Waals surface area contributed by atoms with Gasteiger partial charge in [0.05, 0.1) is 4.92 Å². The minimum absolute atomic E-state index is 0.0418. The quantitative estimate of drug-likeness (QED) is 0.518. The molecule has 0 unspecified atom stereocenters. The summed E-state index contributed by atoms with van der Waals surface area (Å²) in [4.78, 5) is 10.1. The molecule has 0 amide bonds. The van der Waals surface area contributed by atoms with E-state index in [1.807, 2.05) is 0 Å². The Morgan fingerprint density at radius 1 is 1.33 bits per heavy atom. The van der Waals surface area contributed by atoms with Crippen molar-refractivity contribution in [3.63, 3.8) is 0 Å². The molecule has 7 nitrogen and oxygen atoms in total. The van der Waals surface area contributed by atoms with Crippen LogP contribution < -0.4 is 5.73 Å². The highest BCUT2D eigenvalue weighted by Crippen LogP contribution is 2.36. The van der Waals surface area contributed by atoms with Crippen molar-refractivity contribution in [2.45, 2.75) is 48.8 Å². The maximum absolute atomic E-state index is 12.6. The molecule has 9 heteroatoms. The largest absolute Gasteiger partial charge is 0.385 e. The fraction of sp³-hybridized carbons (Fsp3) is 0.667. The van der Waals surface area contributed by atoms with E-state index in [2.05, 4.69) is 0 Å². The fourth-order valence-corrected chi connectivity index (χ4v) is 5.42. The van der Waals surface area contributed by atoms with Crippen LogP contribution in [-0.4, -0.2) is 30.7 Å². The third kappa shape index (κ3) is 3.35. The molecule has 1 fully saturated rings. The van der Waals surface area contributed by atoms with Crippen molar-refractivity contribution in [1.82, 2.24) is 4.31 Å². The highest BCUT2D eigenvalue weighted by atomic mass is 32.2. The molecule has 0 radical (unpaired) electrons. The summed E-state index contributed by atoms with van der Waals surface area (Å²) >= 11 is 0.754. The van der Waals surface area contributed by atoms with Gasteiger partial charge in [0, 0.05) is 19.2 Å². The number of hydrogen-bond acceptors (Lipinski definition) is 6. The molecule has 1 aromatic heterocycles. The number of nitro groups is 1. The van der Waals surface area contributed by atoms with E-state index in [1.165, 1.54) is 4.31 Å². The molecule has 2 N–H and O–H groups in total. The minimum Gasteiger partial charge on any atom is -0.385 e. The molecule has 0 bridgehead atoms. The summed E-state index contributed by atoms with van der Waals surface area (Å²) in [5.74, 6) is 0. The summed E-state index contributed by atoms with van der Waals surface area (Å²) in [5.41, 5.74) is 5.20. The lowest BCUT2D eigenvalue weighted by Gasteiger charge is -2.25. The van der Waals surface area contributed by atoms with E-state index in [9.17, 15) is 18.5 Å². The molecule has 118 valence electrons. The summed E-state index contributed by atoms with van der Waals surface area (Å²) < 4.78 is 26.5. The Balaban J connectivity index is 2.28. The molecule has 0 saturated heterocycles.